The van der Waals surface area contributed by atoms with Crippen LogP contribution in [0, 0.1) is 0 Å². The van der Waals surface area contributed by atoms with Gasteiger partial charge in [0.1, 0.15) is 0 Å². The van der Waals surface area contributed by atoms with Gasteiger partial charge in [-0.05, 0) is 29.7 Å². The number of aromatic nitrogens is 4. The van der Waals surface area contributed by atoms with Crippen molar-refractivity contribution in [2.45, 2.75) is 30.7 Å². The summed E-state index contributed by atoms with van der Waals surface area (Å²) in [4.78, 5) is 36.0. The summed E-state index contributed by atoms with van der Waals surface area (Å²) in [6.45, 7) is 4.22. The highest BCUT2D eigenvalue weighted by Gasteiger charge is 2.17. The van der Waals surface area contributed by atoms with E-state index in [0.717, 1.165) is 11.3 Å². The van der Waals surface area contributed by atoms with Crippen molar-refractivity contribution in [1.29, 1.82) is 0 Å². The zero-order valence-corrected chi connectivity index (χ0v) is 19.2. The minimum absolute atomic E-state index is 0.104. The normalized spacial score (nSPS) is 11.6. The van der Waals surface area contributed by atoms with Crippen molar-refractivity contribution >= 4 is 39.0 Å². The first kappa shape index (κ1) is 20.7. The van der Waals surface area contributed by atoms with E-state index in [2.05, 4.69) is 18.8 Å². The van der Waals surface area contributed by atoms with E-state index in [1.54, 1.807) is 16.8 Å². The first-order chi connectivity index (χ1) is 15.5. The molecule has 3 heterocycles. The van der Waals surface area contributed by atoms with Crippen molar-refractivity contribution < 1.29 is 0 Å². The zero-order valence-electron chi connectivity index (χ0n) is 17.6. The van der Waals surface area contributed by atoms with Crippen LogP contribution in [0.15, 0.2) is 80.9 Å². The molecule has 0 atom stereocenters. The van der Waals surface area contributed by atoms with Gasteiger partial charge in [-0.25, -0.2) is 9.97 Å². The predicted octanol–water partition coefficient (Wildman–Crippen LogP) is 4.87. The van der Waals surface area contributed by atoms with Crippen molar-refractivity contribution in [3.63, 3.8) is 0 Å². The molecule has 0 bridgehead atoms. The summed E-state index contributed by atoms with van der Waals surface area (Å²) < 4.78 is 3.22. The van der Waals surface area contributed by atoms with E-state index in [0.29, 0.717) is 32.5 Å². The van der Waals surface area contributed by atoms with Crippen LogP contribution in [0.25, 0.3) is 21.6 Å². The highest BCUT2D eigenvalue weighted by atomic mass is 32.2. The average Bonchev–Trinajstić information content (AvgIpc) is 3.27. The number of thioether (sulfide) groups is 1. The highest BCUT2D eigenvalue weighted by Crippen LogP contribution is 2.28. The molecule has 0 spiro atoms. The third kappa shape index (κ3) is 3.65. The van der Waals surface area contributed by atoms with Gasteiger partial charge in [0.25, 0.3) is 11.1 Å². The number of nitrogens with zero attached hydrogens (tertiary/aromatic N) is 4. The number of benzene rings is 2. The van der Waals surface area contributed by atoms with Crippen LogP contribution >= 0.6 is 23.1 Å². The maximum atomic E-state index is 13.6. The molecule has 32 heavy (non-hydrogen) atoms. The summed E-state index contributed by atoms with van der Waals surface area (Å²) in [6.07, 6.45) is 1.72. The van der Waals surface area contributed by atoms with Crippen LogP contribution in [0.1, 0.15) is 31.0 Å². The van der Waals surface area contributed by atoms with Gasteiger partial charge in [0.05, 0.1) is 22.3 Å². The van der Waals surface area contributed by atoms with Crippen LogP contribution in [-0.2, 0) is 5.75 Å². The van der Waals surface area contributed by atoms with Crippen molar-refractivity contribution in [1.82, 2.24) is 18.9 Å². The molecule has 0 fully saturated rings. The molecule has 6 nitrogen and oxygen atoms in total. The van der Waals surface area contributed by atoms with Gasteiger partial charge in [-0.2, -0.15) is 0 Å². The maximum absolute atomic E-state index is 13.6. The number of thiazole rings is 1. The molecule has 0 amide bonds. The van der Waals surface area contributed by atoms with Crippen LogP contribution in [0.3, 0.4) is 0 Å². The Bertz CT molecular complexity index is 1570. The lowest BCUT2D eigenvalue weighted by Crippen LogP contribution is -2.23. The molecular weight excluding hydrogens is 440 g/mol. The Balaban J connectivity index is 1.65. The minimum atomic E-state index is -0.110. The quantitative estimate of drug-likeness (QED) is 0.276. The van der Waals surface area contributed by atoms with E-state index in [9.17, 15) is 9.59 Å². The number of rotatable bonds is 5. The Morgan fingerprint density at radius 2 is 1.81 bits per heavy atom. The summed E-state index contributed by atoms with van der Waals surface area (Å²) in [5, 5.41) is 2.99. The molecule has 0 unspecified atom stereocenters. The van der Waals surface area contributed by atoms with Crippen LogP contribution in [0.5, 0.6) is 0 Å². The van der Waals surface area contributed by atoms with Gasteiger partial charge >= 0.3 is 0 Å². The van der Waals surface area contributed by atoms with Gasteiger partial charge < -0.3 is 0 Å². The van der Waals surface area contributed by atoms with E-state index >= 15 is 0 Å². The van der Waals surface area contributed by atoms with Gasteiger partial charge in [-0.1, -0.05) is 55.9 Å². The lowest BCUT2D eigenvalue weighted by molar-refractivity contribution is 0.780. The summed E-state index contributed by atoms with van der Waals surface area (Å²) in [6, 6.07) is 16.8. The lowest BCUT2D eigenvalue weighted by Gasteiger charge is -2.18. The van der Waals surface area contributed by atoms with Gasteiger partial charge in [0.2, 0.25) is 0 Å². The molecule has 0 radical (unpaired) electrons. The molecule has 160 valence electrons. The molecule has 5 rings (SSSR count). The number of fused-ring (bicyclic) bond motifs is 2. The Morgan fingerprint density at radius 3 is 2.66 bits per heavy atom. The largest absolute Gasteiger partial charge is 0.269 e. The molecule has 0 aliphatic carbocycles. The highest BCUT2D eigenvalue weighted by molar-refractivity contribution is 7.98. The number of hydrogen-bond donors (Lipinski definition) is 0. The molecular formula is C24H20N4O2S2. The summed E-state index contributed by atoms with van der Waals surface area (Å²) in [7, 11) is 0. The second-order valence-electron chi connectivity index (χ2n) is 7.70. The summed E-state index contributed by atoms with van der Waals surface area (Å²) >= 11 is 2.83. The molecule has 5 aromatic rings. The van der Waals surface area contributed by atoms with E-state index in [4.69, 9.17) is 4.98 Å². The third-order valence-electron chi connectivity index (χ3n) is 5.25. The molecule has 8 heteroatoms. The average molecular weight is 461 g/mol. The SMILES string of the molecule is CC(C)c1ccccc1-n1c(SCc2cc(=O)n3ccsc3n2)nc2ccccc2c1=O. The molecule has 0 saturated carbocycles. The first-order valence-corrected chi connectivity index (χ1v) is 12.1. The Hall–Kier alpha value is -3.23. The second-order valence-corrected chi connectivity index (χ2v) is 9.51. The van der Waals surface area contributed by atoms with Crippen molar-refractivity contribution in [3.05, 3.63) is 98.1 Å². The molecule has 0 saturated heterocycles. The molecule has 0 N–H and O–H groups in total. The Labute approximate surface area is 192 Å². The smallest absolute Gasteiger partial charge is 0.266 e. The fraction of sp³-hybridized carbons (Fsp3) is 0.167. The maximum Gasteiger partial charge on any atom is 0.266 e. The summed E-state index contributed by atoms with van der Waals surface area (Å²) in [5.74, 6) is 0.670. The fourth-order valence-electron chi connectivity index (χ4n) is 3.70. The van der Waals surface area contributed by atoms with Crippen LogP contribution in [0.2, 0.25) is 0 Å². The van der Waals surface area contributed by atoms with Gasteiger partial charge in [-0.15, -0.1) is 11.3 Å². The van der Waals surface area contributed by atoms with Gasteiger partial charge in [0, 0.05) is 23.4 Å². The van der Waals surface area contributed by atoms with Crippen molar-refractivity contribution in [3.8, 4) is 5.69 Å². The number of para-hydroxylation sites is 2. The molecule has 0 aliphatic heterocycles. The minimum Gasteiger partial charge on any atom is -0.269 e. The van der Waals surface area contributed by atoms with Crippen molar-refractivity contribution in [2.24, 2.45) is 0 Å². The molecule has 2 aromatic carbocycles. The monoisotopic (exact) mass is 460 g/mol. The first-order valence-electron chi connectivity index (χ1n) is 10.2. The van der Waals surface area contributed by atoms with Crippen LogP contribution in [0.4, 0.5) is 0 Å². The fourth-order valence-corrected chi connectivity index (χ4v) is 5.34. The van der Waals surface area contributed by atoms with E-state index < -0.39 is 0 Å². The predicted molar refractivity (Wildman–Crippen MR) is 130 cm³/mol. The Morgan fingerprint density at radius 1 is 1.03 bits per heavy atom. The van der Waals surface area contributed by atoms with Gasteiger partial charge in [-0.3, -0.25) is 18.6 Å². The van der Waals surface area contributed by atoms with Crippen LogP contribution in [-0.4, -0.2) is 18.9 Å². The van der Waals surface area contributed by atoms with E-state index in [-0.39, 0.29) is 17.0 Å². The van der Waals surface area contributed by atoms with Crippen LogP contribution < -0.4 is 11.1 Å². The van der Waals surface area contributed by atoms with E-state index in [1.807, 2.05) is 47.8 Å². The third-order valence-corrected chi connectivity index (χ3v) is 6.98. The van der Waals surface area contributed by atoms with Gasteiger partial charge in [0.15, 0.2) is 10.1 Å². The molecule has 3 aromatic heterocycles. The Kier molecular flexibility index (Phi) is 5.40. The lowest BCUT2D eigenvalue weighted by atomic mass is 10.0. The van der Waals surface area contributed by atoms with Crippen molar-refractivity contribution in [2.75, 3.05) is 0 Å². The molecule has 0 aliphatic rings. The topological polar surface area (TPSA) is 69.3 Å². The number of hydrogen-bond acceptors (Lipinski definition) is 6. The summed E-state index contributed by atoms with van der Waals surface area (Å²) in [5.41, 5.74) is 3.00. The zero-order chi connectivity index (χ0) is 22.2. The standard InChI is InChI=1S/C24H20N4O2S2/c1-15(2)17-7-4-6-10-20(17)28-22(30)18-8-3-5-9-19(18)26-24(28)32-14-16-13-21(29)27-11-12-31-23(27)25-16/h3-13,15H,14H2,1-2H3. The van der Waals surface area contributed by atoms with E-state index in [1.165, 1.54) is 33.6 Å². The second kappa shape index (κ2) is 8.37.